The fraction of sp³-hybridized carbons (Fsp3) is 0.429. The highest BCUT2D eigenvalue weighted by molar-refractivity contribution is 5.95. The first-order valence-corrected chi connectivity index (χ1v) is 6.68. The Hall–Kier alpha value is -2.08. The van der Waals surface area contributed by atoms with Gasteiger partial charge in [0.1, 0.15) is 0 Å². The van der Waals surface area contributed by atoms with Crippen molar-refractivity contribution in [2.45, 2.75) is 6.92 Å². The third-order valence-electron chi connectivity index (χ3n) is 3.42. The Kier molecular flexibility index (Phi) is 4.57. The van der Waals surface area contributed by atoms with E-state index < -0.39 is 0 Å². The standard InChI is InChI=1S/C14H20N4O2/c1-11(19)18-8-6-17(7-9-18)10-14(20)16-13-5-3-2-4-12(13)15/h2-5H,6-10,15H2,1H3,(H,16,20). The summed E-state index contributed by atoms with van der Waals surface area (Å²) in [6.07, 6.45) is 0. The molecule has 1 saturated heterocycles. The molecule has 0 atom stereocenters. The molecule has 108 valence electrons. The van der Waals surface area contributed by atoms with Crippen LogP contribution in [0.2, 0.25) is 0 Å². The number of nitrogens with zero attached hydrogens (tertiary/aromatic N) is 2. The van der Waals surface area contributed by atoms with Gasteiger partial charge in [-0.05, 0) is 12.1 Å². The average molecular weight is 276 g/mol. The van der Waals surface area contributed by atoms with Gasteiger partial charge in [-0.15, -0.1) is 0 Å². The third kappa shape index (κ3) is 3.71. The summed E-state index contributed by atoms with van der Waals surface area (Å²) in [5.74, 6) is 0.00494. The molecule has 0 aromatic heterocycles. The Morgan fingerprint density at radius 3 is 2.45 bits per heavy atom. The second-order valence-corrected chi connectivity index (χ2v) is 4.92. The second kappa shape index (κ2) is 6.38. The number of carbonyl (C=O) groups is 2. The third-order valence-corrected chi connectivity index (χ3v) is 3.42. The maximum Gasteiger partial charge on any atom is 0.238 e. The van der Waals surface area contributed by atoms with Crippen LogP contribution in [-0.4, -0.2) is 54.3 Å². The van der Waals surface area contributed by atoms with Gasteiger partial charge in [-0.3, -0.25) is 14.5 Å². The van der Waals surface area contributed by atoms with E-state index in [4.69, 9.17) is 5.73 Å². The van der Waals surface area contributed by atoms with Gasteiger partial charge in [0, 0.05) is 33.1 Å². The van der Waals surface area contributed by atoms with Crippen LogP contribution in [0.5, 0.6) is 0 Å². The van der Waals surface area contributed by atoms with E-state index >= 15 is 0 Å². The SMILES string of the molecule is CC(=O)N1CCN(CC(=O)Nc2ccccc2N)CC1. The van der Waals surface area contributed by atoms with Gasteiger partial charge in [-0.25, -0.2) is 0 Å². The van der Waals surface area contributed by atoms with Crippen LogP contribution >= 0.6 is 0 Å². The number of hydrogen-bond donors (Lipinski definition) is 2. The molecule has 0 saturated carbocycles. The Morgan fingerprint density at radius 2 is 1.85 bits per heavy atom. The van der Waals surface area contributed by atoms with E-state index in [0.717, 1.165) is 13.1 Å². The van der Waals surface area contributed by atoms with Crippen molar-refractivity contribution in [2.24, 2.45) is 0 Å². The number of hydrogen-bond acceptors (Lipinski definition) is 4. The molecule has 0 radical (unpaired) electrons. The molecule has 2 amide bonds. The molecule has 0 bridgehead atoms. The highest BCUT2D eigenvalue weighted by Gasteiger charge is 2.20. The number of piperazine rings is 1. The summed E-state index contributed by atoms with van der Waals surface area (Å²) < 4.78 is 0. The maximum absolute atomic E-state index is 12.0. The lowest BCUT2D eigenvalue weighted by Crippen LogP contribution is -2.49. The van der Waals surface area contributed by atoms with Crippen molar-refractivity contribution < 1.29 is 9.59 Å². The van der Waals surface area contributed by atoms with Crippen molar-refractivity contribution >= 4 is 23.2 Å². The molecule has 0 aliphatic carbocycles. The Labute approximate surface area is 118 Å². The minimum atomic E-state index is -0.0841. The molecule has 1 aliphatic rings. The predicted molar refractivity (Wildman–Crippen MR) is 78.2 cm³/mol. The average Bonchev–Trinajstić information content (AvgIpc) is 2.42. The molecule has 6 heteroatoms. The van der Waals surface area contributed by atoms with Crippen molar-refractivity contribution in [3.63, 3.8) is 0 Å². The second-order valence-electron chi connectivity index (χ2n) is 4.92. The van der Waals surface area contributed by atoms with Crippen LogP contribution < -0.4 is 11.1 Å². The van der Waals surface area contributed by atoms with Crippen molar-refractivity contribution in [2.75, 3.05) is 43.8 Å². The minimum Gasteiger partial charge on any atom is -0.397 e. The van der Waals surface area contributed by atoms with E-state index in [1.54, 1.807) is 24.0 Å². The summed E-state index contributed by atoms with van der Waals surface area (Å²) in [5, 5.41) is 2.81. The Morgan fingerprint density at radius 1 is 1.20 bits per heavy atom. The van der Waals surface area contributed by atoms with Crippen LogP contribution in [0.1, 0.15) is 6.92 Å². The molecule has 2 rings (SSSR count). The molecule has 20 heavy (non-hydrogen) atoms. The van der Waals surface area contributed by atoms with Crippen molar-refractivity contribution in [1.29, 1.82) is 0 Å². The van der Waals surface area contributed by atoms with E-state index in [0.29, 0.717) is 31.0 Å². The summed E-state index contributed by atoms with van der Waals surface area (Å²) in [6, 6.07) is 7.19. The highest BCUT2D eigenvalue weighted by Crippen LogP contribution is 2.16. The number of nitrogens with two attached hydrogens (primary N) is 1. The number of anilines is 2. The predicted octanol–water partition coefficient (Wildman–Crippen LogP) is 0.371. The number of para-hydroxylation sites is 2. The first kappa shape index (κ1) is 14.3. The number of amides is 2. The van der Waals surface area contributed by atoms with Gasteiger partial charge in [-0.1, -0.05) is 12.1 Å². The van der Waals surface area contributed by atoms with Crippen LogP contribution in [0.4, 0.5) is 11.4 Å². The molecule has 1 fully saturated rings. The molecule has 1 aromatic rings. The number of nitrogen functional groups attached to an aromatic ring is 1. The van der Waals surface area contributed by atoms with Crippen LogP contribution in [0, 0.1) is 0 Å². The molecule has 6 nitrogen and oxygen atoms in total. The van der Waals surface area contributed by atoms with Crippen LogP contribution in [0.25, 0.3) is 0 Å². The van der Waals surface area contributed by atoms with Crippen LogP contribution in [0.3, 0.4) is 0 Å². The molecule has 1 aromatic carbocycles. The number of carbonyl (C=O) groups excluding carboxylic acids is 2. The summed E-state index contributed by atoms with van der Waals surface area (Å²) >= 11 is 0. The van der Waals surface area contributed by atoms with Gasteiger partial charge in [-0.2, -0.15) is 0 Å². The molecule has 0 unspecified atom stereocenters. The van der Waals surface area contributed by atoms with Crippen LogP contribution in [-0.2, 0) is 9.59 Å². The summed E-state index contributed by atoms with van der Waals surface area (Å²) in [5.41, 5.74) is 6.98. The zero-order valence-electron chi connectivity index (χ0n) is 11.6. The highest BCUT2D eigenvalue weighted by atomic mass is 16.2. The topological polar surface area (TPSA) is 78.7 Å². The normalized spacial score (nSPS) is 15.9. The van der Waals surface area contributed by atoms with E-state index in [1.165, 1.54) is 0 Å². The van der Waals surface area contributed by atoms with E-state index in [2.05, 4.69) is 5.32 Å². The fourth-order valence-corrected chi connectivity index (χ4v) is 2.22. The molecular weight excluding hydrogens is 256 g/mol. The Bertz CT molecular complexity index is 496. The van der Waals surface area contributed by atoms with Crippen molar-refractivity contribution in [3.8, 4) is 0 Å². The molecular formula is C14H20N4O2. The zero-order valence-corrected chi connectivity index (χ0v) is 11.6. The van der Waals surface area contributed by atoms with Crippen LogP contribution in [0.15, 0.2) is 24.3 Å². The molecule has 3 N–H and O–H groups in total. The minimum absolute atomic E-state index is 0.0841. The lowest BCUT2D eigenvalue weighted by atomic mass is 10.2. The van der Waals surface area contributed by atoms with Crippen molar-refractivity contribution in [1.82, 2.24) is 9.80 Å². The fourth-order valence-electron chi connectivity index (χ4n) is 2.22. The molecule has 1 heterocycles. The van der Waals surface area contributed by atoms with Gasteiger partial charge in [0.05, 0.1) is 17.9 Å². The lowest BCUT2D eigenvalue weighted by Gasteiger charge is -2.33. The number of benzene rings is 1. The quantitative estimate of drug-likeness (QED) is 0.782. The summed E-state index contributed by atoms with van der Waals surface area (Å²) in [7, 11) is 0. The van der Waals surface area contributed by atoms with Gasteiger partial charge in [0.2, 0.25) is 11.8 Å². The molecule has 0 spiro atoms. The van der Waals surface area contributed by atoms with Gasteiger partial charge >= 0.3 is 0 Å². The maximum atomic E-state index is 12.0. The van der Waals surface area contributed by atoms with Crippen molar-refractivity contribution in [3.05, 3.63) is 24.3 Å². The van der Waals surface area contributed by atoms with E-state index in [1.807, 2.05) is 17.0 Å². The van der Waals surface area contributed by atoms with Gasteiger partial charge in [0.25, 0.3) is 0 Å². The first-order chi connectivity index (χ1) is 9.56. The molecule has 1 aliphatic heterocycles. The number of rotatable bonds is 3. The monoisotopic (exact) mass is 276 g/mol. The van der Waals surface area contributed by atoms with E-state index in [-0.39, 0.29) is 11.8 Å². The zero-order chi connectivity index (χ0) is 14.5. The summed E-state index contributed by atoms with van der Waals surface area (Å²) in [6.45, 7) is 4.68. The van der Waals surface area contributed by atoms with Gasteiger partial charge < -0.3 is 16.0 Å². The smallest absolute Gasteiger partial charge is 0.238 e. The first-order valence-electron chi connectivity index (χ1n) is 6.68. The Balaban J connectivity index is 1.81. The largest absolute Gasteiger partial charge is 0.397 e. The van der Waals surface area contributed by atoms with E-state index in [9.17, 15) is 9.59 Å². The van der Waals surface area contributed by atoms with Gasteiger partial charge in [0.15, 0.2) is 0 Å². The lowest BCUT2D eigenvalue weighted by molar-refractivity contribution is -0.130. The summed E-state index contributed by atoms with van der Waals surface area (Å²) in [4.78, 5) is 27.0. The number of nitrogens with one attached hydrogen (secondary N) is 1.